The summed E-state index contributed by atoms with van der Waals surface area (Å²) < 4.78 is 64.4. The Morgan fingerprint density at radius 3 is 2.43 bits per heavy atom. The first-order valence-electron chi connectivity index (χ1n) is 9.46. The van der Waals surface area contributed by atoms with Gasteiger partial charge in [0.15, 0.2) is 18.2 Å². The molecule has 0 bridgehead atoms. The van der Waals surface area contributed by atoms with Crippen molar-refractivity contribution >= 4 is 21.6 Å². The van der Waals surface area contributed by atoms with Crippen molar-refractivity contribution in [2.45, 2.75) is 24.7 Å². The molecule has 0 saturated carbocycles. The van der Waals surface area contributed by atoms with Gasteiger partial charge in [-0.05, 0) is 50.1 Å². The fourth-order valence-electron chi connectivity index (χ4n) is 3.06. The molecule has 0 unspecified atom stereocenters. The van der Waals surface area contributed by atoms with Gasteiger partial charge in [0.05, 0.1) is 6.61 Å². The van der Waals surface area contributed by atoms with Crippen LogP contribution in [-0.4, -0.2) is 44.9 Å². The minimum atomic E-state index is -3.77. The van der Waals surface area contributed by atoms with Gasteiger partial charge in [-0.2, -0.15) is 4.31 Å². The van der Waals surface area contributed by atoms with E-state index in [4.69, 9.17) is 9.47 Å². The van der Waals surface area contributed by atoms with Gasteiger partial charge in [0.1, 0.15) is 16.5 Å². The number of ether oxygens (including phenoxy) is 2. The van der Waals surface area contributed by atoms with Crippen molar-refractivity contribution in [3.8, 4) is 11.5 Å². The summed E-state index contributed by atoms with van der Waals surface area (Å²) in [7, 11) is -3.77. The van der Waals surface area contributed by atoms with Crippen molar-refractivity contribution in [3.05, 3.63) is 48.0 Å². The summed E-state index contributed by atoms with van der Waals surface area (Å²) in [5.41, 5.74) is 0.226. The summed E-state index contributed by atoms with van der Waals surface area (Å²) in [6.07, 6.45) is 1.58. The highest BCUT2D eigenvalue weighted by atomic mass is 32.2. The van der Waals surface area contributed by atoms with Crippen LogP contribution in [0.2, 0.25) is 0 Å². The van der Waals surface area contributed by atoms with E-state index in [-0.39, 0.29) is 28.7 Å². The molecule has 1 fully saturated rings. The first kappa shape index (κ1) is 22.0. The van der Waals surface area contributed by atoms with Crippen molar-refractivity contribution in [2.75, 3.05) is 31.6 Å². The van der Waals surface area contributed by atoms with Gasteiger partial charge in [0, 0.05) is 24.8 Å². The lowest BCUT2D eigenvalue weighted by Crippen LogP contribution is -2.28. The third-order valence-electron chi connectivity index (χ3n) is 4.46. The molecule has 1 saturated heterocycles. The number of amides is 1. The van der Waals surface area contributed by atoms with Crippen molar-refractivity contribution in [2.24, 2.45) is 0 Å². The van der Waals surface area contributed by atoms with E-state index in [9.17, 15) is 22.0 Å². The van der Waals surface area contributed by atoms with Gasteiger partial charge in [-0.1, -0.05) is 0 Å². The second-order valence-corrected chi connectivity index (χ2v) is 8.52. The number of nitrogens with one attached hydrogen (secondary N) is 1. The molecule has 0 aromatic heterocycles. The Morgan fingerprint density at radius 1 is 1.07 bits per heavy atom. The van der Waals surface area contributed by atoms with Crippen LogP contribution in [0.25, 0.3) is 0 Å². The largest absolute Gasteiger partial charge is 0.492 e. The zero-order valence-electron chi connectivity index (χ0n) is 16.4. The van der Waals surface area contributed by atoms with Crippen LogP contribution in [0.3, 0.4) is 0 Å². The fraction of sp³-hybridized carbons (Fsp3) is 0.350. The van der Waals surface area contributed by atoms with E-state index >= 15 is 0 Å². The lowest BCUT2D eigenvalue weighted by atomic mass is 10.3. The van der Waals surface area contributed by atoms with E-state index in [0.717, 1.165) is 25.0 Å². The van der Waals surface area contributed by atoms with E-state index < -0.39 is 34.2 Å². The van der Waals surface area contributed by atoms with E-state index in [1.54, 1.807) is 6.92 Å². The van der Waals surface area contributed by atoms with Gasteiger partial charge in [0.25, 0.3) is 5.91 Å². The number of hydrogen-bond donors (Lipinski definition) is 1. The van der Waals surface area contributed by atoms with Crippen molar-refractivity contribution < 1.29 is 31.5 Å². The number of nitrogens with zero attached hydrogens (tertiary/aromatic N) is 1. The Labute approximate surface area is 173 Å². The molecule has 162 valence electrons. The number of anilines is 1. The molecule has 3 rings (SSSR count). The fourth-order valence-corrected chi connectivity index (χ4v) is 4.74. The Morgan fingerprint density at radius 2 is 1.77 bits per heavy atom. The number of carbonyl (C=O) groups is 1. The van der Waals surface area contributed by atoms with Gasteiger partial charge in [-0.25, -0.2) is 17.2 Å². The topological polar surface area (TPSA) is 84.9 Å². The second kappa shape index (κ2) is 9.40. The minimum absolute atomic E-state index is 0.0328. The Kier molecular flexibility index (Phi) is 6.88. The zero-order chi connectivity index (χ0) is 21.7. The van der Waals surface area contributed by atoms with Gasteiger partial charge < -0.3 is 14.8 Å². The third-order valence-corrected chi connectivity index (χ3v) is 6.38. The first-order valence-corrected chi connectivity index (χ1v) is 10.9. The lowest BCUT2D eigenvalue weighted by Gasteiger charge is -2.19. The maximum atomic E-state index is 13.6. The van der Waals surface area contributed by atoms with Crippen LogP contribution in [0.15, 0.2) is 41.3 Å². The van der Waals surface area contributed by atoms with Gasteiger partial charge in [-0.15, -0.1) is 0 Å². The highest BCUT2D eigenvalue weighted by Gasteiger charge is 2.30. The molecule has 1 aliphatic heterocycles. The van der Waals surface area contributed by atoms with Gasteiger partial charge >= 0.3 is 0 Å². The van der Waals surface area contributed by atoms with Crippen LogP contribution in [0.1, 0.15) is 19.8 Å². The van der Waals surface area contributed by atoms with Crippen LogP contribution in [0.4, 0.5) is 14.5 Å². The molecule has 10 heteroatoms. The normalized spacial score (nSPS) is 14.5. The summed E-state index contributed by atoms with van der Waals surface area (Å²) >= 11 is 0. The van der Waals surface area contributed by atoms with Crippen LogP contribution in [0.5, 0.6) is 11.5 Å². The maximum absolute atomic E-state index is 13.6. The summed E-state index contributed by atoms with van der Waals surface area (Å²) in [6.45, 7) is 2.35. The SMILES string of the molecule is CCOc1ccc(NC(=O)COc2ccc(F)cc2F)cc1S(=O)(=O)N1CCCC1. The van der Waals surface area contributed by atoms with E-state index in [0.29, 0.717) is 19.2 Å². The standard InChI is InChI=1S/C20H22F2N2O5S/c1-2-28-18-8-6-15(12-19(18)30(26,27)24-9-3-4-10-24)23-20(25)13-29-17-7-5-14(21)11-16(17)22/h5-8,11-12H,2-4,9-10,13H2,1H3,(H,23,25). The monoisotopic (exact) mass is 440 g/mol. The highest BCUT2D eigenvalue weighted by molar-refractivity contribution is 7.89. The molecule has 1 heterocycles. The Bertz CT molecular complexity index is 1020. The predicted octanol–water partition coefficient (Wildman–Crippen LogP) is 3.17. The molecule has 0 atom stereocenters. The average molecular weight is 440 g/mol. The van der Waals surface area contributed by atoms with Crippen molar-refractivity contribution in [1.29, 1.82) is 0 Å². The number of benzene rings is 2. The minimum Gasteiger partial charge on any atom is -0.492 e. The molecule has 30 heavy (non-hydrogen) atoms. The molecule has 0 aliphatic carbocycles. The zero-order valence-corrected chi connectivity index (χ0v) is 17.2. The molecule has 7 nitrogen and oxygen atoms in total. The van der Waals surface area contributed by atoms with Gasteiger partial charge in [-0.3, -0.25) is 4.79 Å². The molecule has 1 amide bonds. The van der Waals surface area contributed by atoms with Crippen molar-refractivity contribution in [3.63, 3.8) is 0 Å². The Balaban J connectivity index is 1.75. The summed E-state index contributed by atoms with van der Waals surface area (Å²) in [6, 6.07) is 7.05. The number of halogens is 2. The second-order valence-electron chi connectivity index (χ2n) is 6.62. The van der Waals surface area contributed by atoms with Crippen LogP contribution in [0, 0.1) is 11.6 Å². The average Bonchev–Trinajstić information content (AvgIpc) is 3.24. The van der Waals surface area contributed by atoms with Gasteiger partial charge in [0.2, 0.25) is 10.0 Å². The summed E-state index contributed by atoms with van der Waals surface area (Å²) in [5, 5.41) is 2.52. The Hall–Kier alpha value is -2.72. The number of hydrogen-bond acceptors (Lipinski definition) is 5. The molecule has 0 radical (unpaired) electrons. The maximum Gasteiger partial charge on any atom is 0.262 e. The van der Waals surface area contributed by atoms with E-state index in [2.05, 4.69) is 5.32 Å². The molecule has 0 spiro atoms. The number of rotatable bonds is 8. The molecule has 1 aliphatic rings. The molecular weight excluding hydrogens is 418 g/mol. The summed E-state index contributed by atoms with van der Waals surface area (Å²) in [4.78, 5) is 12.1. The number of sulfonamides is 1. The lowest BCUT2D eigenvalue weighted by molar-refractivity contribution is -0.118. The molecule has 1 N–H and O–H groups in total. The molecule has 2 aromatic carbocycles. The van der Waals surface area contributed by atoms with E-state index in [1.165, 1.54) is 22.5 Å². The summed E-state index contributed by atoms with van der Waals surface area (Å²) in [5.74, 6) is -2.39. The first-order chi connectivity index (χ1) is 14.3. The van der Waals surface area contributed by atoms with Crippen molar-refractivity contribution in [1.82, 2.24) is 4.31 Å². The number of carbonyl (C=O) groups excluding carboxylic acids is 1. The van der Waals surface area contributed by atoms with Crippen LogP contribution in [-0.2, 0) is 14.8 Å². The smallest absolute Gasteiger partial charge is 0.262 e. The van der Waals surface area contributed by atoms with Crippen LogP contribution < -0.4 is 14.8 Å². The predicted molar refractivity (Wildman–Crippen MR) is 106 cm³/mol. The highest BCUT2D eigenvalue weighted by Crippen LogP contribution is 2.31. The van der Waals surface area contributed by atoms with Crippen LogP contribution >= 0.6 is 0 Å². The molecule has 2 aromatic rings. The molecular formula is C20H22F2N2O5S. The third kappa shape index (κ3) is 5.06. The van der Waals surface area contributed by atoms with E-state index in [1.807, 2.05) is 0 Å². The quantitative estimate of drug-likeness (QED) is 0.682.